The summed E-state index contributed by atoms with van der Waals surface area (Å²) in [6.45, 7) is 0. The molecule has 4 aromatic rings. The van der Waals surface area contributed by atoms with Crippen molar-refractivity contribution in [2.75, 3.05) is 0 Å². The van der Waals surface area contributed by atoms with Crippen LogP contribution in [-0.2, 0) is 39.7 Å². The van der Waals surface area contributed by atoms with Gasteiger partial charge in [-0.1, -0.05) is 84.9 Å². The van der Waals surface area contributed by atoms with Crippen LogP contribution in [0.3, 0.4) is 0 Å². The lowest BCUT2D eigenvalue weighted by Gasteiger charge is -2.30. The van der Waals surface area contributed by atoms with Gasteiger partial charge in [-0.3, -0.25) is 18.7 Å². The van der Waals surface area contributed by atoms with E-state index in [4.69, 9.17) is 0 Å². The third-order valence-electron chi connectivity index (χ3n) is 8.25. The molecular weight excluding hydrogens is 727 g/mol. The highest BCUT2D eigenvalue weighted by atomic mass is 32.2. The zero-order valence-corrected chi connectivity index (χ0v) is 28.3. The maximum absolute atomic E-state index is 14.8. The van der Waals surface area contributed by atoms with E-state index in [-0.39, 0.29) is 22.3 Å². The number of benzene rings is 4. The second-order valence-corrected chi connectivity index (χ2v) is 16.3. The van der Waals surface area contributed by atoms with Crippen molar-refractivity contribution in [3.63, 3.8) is 0 Å². The summed E-state index contributed by atoms with van der Waals surface area (Å²) in [5, 5.41) is -4.66. The Morgan fingerprint density at radius 1 is 0.451 bits per heavy atom. The molecule has 0 heterocycles. The van der Waals surface area contributed by atoms with E-state index in [0.717, 1.165) is 60.7 Å². The Hall–Kier alpha value is -5.19. The molecule has 4 aromatic carbocycles. The summed E-state index contributed by atoms with van der Waals surface area (Å²) < 4.78 is 130. The first-order valence-electron chi connectivity index (χ1n) is 14.8. The van der Waals surface area contributed by atoms with Crippen LogP contribution in [0.15, 0.2) is 131 Å². The van der Waals surface area contributed by atoms with E-state index in [2.05, 4.69) is 0 Å². The number of carbonyl (C=O) groups is 2. The molecule has 2 aliphatic rings. The number of carbonyl (C=O) groups excluding carboxylic acids is 2. The molecule has 0 amide bonds. The number of Topliss-reactive ketones (excluding diaryl/α,β-unsaturated/α-hetero) is 2. The lowest BCUT2D eigenvalue weighted by molar-refractivity contribution is -0.112. The van der Waals surface area contributed by atoms with Gasteiger partial charge in [0.1, 0.15) is 31.9 Å². The number of sulfone groups is 1. The van der Waals surface area contributed by atoms with Gasteiger partial charge in [0.2, 0.25) is 0 Å². The summed E-state index contributed by atoms with van der Waals surface area (Å²) in [6, 6.07) is 22.1. The second kappa shape index (κ2) is 13.2. The SMILES string of the molecule is O=C1C(c2ccccc2)=C(S(=O)(=O)O)C(c2ccc(F)cc2)=CC1S(=O)(=O)C1C=C(c2ccc(F)cc2)C(S(=O)(=O)O)=C(c2ccccc2)C1=O. The predicted octanol–water partition coefficient (Wildman–Crippen LogP) is 5.35. The summed E-state index contributed by atoms with van der Waals surface area (Å²) in [5.41, 5.74) is -2.91. The molecule has 10 nitrogen and oxygen atoms in total. The Bertz CT molecular complexity index is 2380. The standard InChI is InChI=1S/C36H24F2O10S3/c37-25-15-11-21(12-16-25)27-19-29(33(39)31(35(27)50(43,44)45)23-7-3-1-4-8-23)49(41,42)30-20-28(22-13-17-26(38)18-14-22)36(51(46,47)48)32(34(30)40)24-9-5-2-6-10-24/h1-20,29-30H,(H,43,44,45)(H,46,47,48). The Kier molecular flexibility index (Phi) is 9.20. The van der Waals surface area contributed by atoms with Gasteiger partial charge < -0.3 is 0 Å². The van der Waals surface area contributed by atoms with Gasteiger partial charge in [-0.2, -0.15) is 16.8 Å². The number of allylic oxidation sites excluding steroid dienone is 4. The van der Waals surface area contributed by atoms with Crippen LogP contribution in [0.4, 0.5) is 8.78 Å². The summed E-state index contributed by atoms with van der Waals surface area (Å²) in [6.07, 6.45) is 1.45. The fourth-order valence-corrected chi connectivity index (χ4v) is 9.72. The van der Waals surface area contributed by atoms with Crippen LogP contribution >= 0.6 is 0 Å². The monoisotopic (exact) mass is 750 g/mol. The molecule has 2 atom stereocenters. The molecule has 0 radical (unpaired) electrons. The van der Waals surface area contributed by atoms with E-state index in [0.29, 0.717) is 0 Å². The normalized spacial score (nSPS) is 18.8. The van der Waals surface area contributed by atoms with Crippen molar-refractivity contribution in [1.82, 2.24) is 0 Å². The largest absolute Gasteiger partial charge is 0.295 e. The average molecular weight is 751 g/mol. The molecule has 2 unspecified atom stereocenters. The quantitative estimate of drug-likeness (QED) is 0.223. The highest BCUT2D eigenvalue weighted by Gasteiger charge is 2.50. The van der Waals surface area contributed by atoms with Crippen molar-refractivity contribution in [2.24, 2.45) is 0 Å². The van der Waals surface area contributed by atoms with E-state index in [1.54, 1.807) is 0 Å². The Morgan fingerprint density at radius 2 is 0.765 bits per heavy atom. The van der Waals surface area contributed by atoms with E-state index in [1.807, 2.05) is 0 Å². The molecule has 0 bridgehead atoms. The number of hydrogen-bond acceptors (Lipinski definition) is 8. The third-order valence-corrected chi connectivity index (χ3v) is 12.2. The van der Waals surface area contributed by atoms with Crippen LogP contribution in [0.1, 0.15) is 22.3 Å². The molecule has 0 saturated carbocycles. The number of hydrogen-bond donors (Lipinski definition) is 2. The van der Waals surface area contributed by atoms with E-state index in [1.165, 1.54) is 60.7 Å². The Balaban J connectivity index is 1.65. The van der Waals surface area contributed by atoms with Crippen molar-refractivity contribution in [1.29, 1.82) is 0 Å². The summed E-state index contributed by atoms with van der Waals surface area (Å²) >= 11 is 0. The van der Waals surface area contributed by atoms with Crippen molar-refractivity contribution in [3.05, 3.63) is 165 Å². The van der Waals surface area contributed by atoms with E-state index in [9.17, 15) is 52.7 Å². The fraction of sp³-hybridized carbons (Fsp3) is 0.0556. The van der Waals surface area contributed by atoms with E-state index >= 15 is 0 Å². The van der Waals surface area contributed by atoms with Gasteiger partial charge in [-0.25, -0.2) is 17.2 Å². The number of ketones is 2. The lowest BCUT2D eigenvalue weighted by atomic mass is 9.88. The maximum Gasteiger partial charge on any atom is 0.295 e. The van der Waals surface area contributed by atoms with Crippen molar-refractivity contribution >= 4 is 63.9 Å². The molecule has 15 heteroatoms. The zero-order chi connectivity index (χ0) is 36.9. The van der Waals surface area contributed by atoms with Crippen molar-refractivity contribution < 1.29 is 52.7 Å². The molecule has 0 fully saturated rings. The zero-order valence-electron chi connectivity index (χ0n) is 25.8. The van der Waals surface area contributed by atoms with Crippen LogP contribution in [0, 0.1) is 11.6 Å². The molecule has 51 heavy (non-hydrogen) atoms. The molecule has 2 N–H and O–H groups in total. The molecule has 0 aromatic heterocycles. The average Bonchev–Trinajstić information content (AvgIpc) is 3.08. The van der Waals surface area contributed by atoms with Gasteiger partial charge in [-0.15, -0.1) is 0 Å². The second-order valence-electron chi connectivity index (χ2n) is 11.4. The highest BCUT2D eigenvalue weighted by Crippen LogP contribution is 2.44. The van der Waals surface area contributed by atoms with Crippen LogP contribution in [0.2, 0.25) is 0 Å². The number of halogens is 2. The smallest absolute Gasteiger partial charge is 0.292 e. The van der Waals surface area contributed by atoms with Gasteiger partial charge in [0.05, 0.1) is 0 Å². The minimum absolute atomic E-state index is 0.110. The molecular formula is C36H24F2O10S3. The first kappa shape index (κ1) is 35.6. The maximum atomic E-state index is 14.8. The minimum atomic E-state index is -5.29. The summed E-state index contributed by atoms with van der Waals surface area (Å²) in [7, 11) is -15.8. The molecule has 2 aliphatic carbocycles. The third kappa shape index (κ3) is 6.69. The fourth-order valence-electron chi connectivity index (χ4n) is 6.03. The van der Waals surface area contributed by atoms with Crippen LogP contribution < -0.4 is 0 Å². The molecule has 0 spiro atoms. The lowest BCUT2D eigenvalue weighted by Crippen LogP contribution is -2.43. The van der Waals surface area contributed by atoms with Gasteiger partial charge in [0, 0.05) is 22.3 Å². The molecule has 260 valence electrons. The van der Waals surface area contributed by atoms with Gasteiger partial charge in [-0.05, 0) is 58.7 Å². The van der Waals surface area contributed by atoms with Gasteiger partial charge in [0.15, 0.2) is 21.4 Å². The van der Waals surface area contributed by atoms with Crippen molar-refractivity contribution in [2.45, 2.75) is 10.5 Å². The van der Waals surface area contributed by atoms with Crippen LogP contribution in [0.5, 0.6) is 0 Å². The Labute approximate surface area is 291 Å². The van der Waals surface area contributed by atoms with Crippen molar-refractivity contribution in [3.8, 4) is 0 Å². The summed E-state index contributed by atoms with van der Waals surface area (Å²) in [5.74, 6) is -4.18. The predicted molar refractivity (Wildman–Crippen MR) is 185 cm³/mol. The Morgan fingerprint density at radius 3 is 1.06 bits per heavy atom. The summed E-state index contributed by atoms with van der Waals surface area (Å²) in [4.78, 5) is 26.7. The topological polar surface area (TPSA) is 177 Å². The van der Waals surface area contributed by atoms with Gasteiger partial charge >= 0.3 is 0 Å². The number of rotatable bonds is 8. The first-order valence-corrected chi connectivity index (χ1v) is 19.3. The minimum Gasteiger partial charge on any atom is -0.292 e. The van der Waals surface area contributed by atoms with Gasteiger partial charge in [0.25, 0.3) is 20.2 Å². The highest BCUT2D eigenvalue weighted by molar-refractivity contribution is 7.95. The van der Waals surface area contributed by atoms with Crippen LogP contribution in [0.25, 0.3) is 22.3 Å². The first-order chi connectivity index (χ1) is 24.0. The molecule has 0 aliphatic heterocycles. The van der Waals surface area contributed by atoms with Crippen LogP contribution in [-0.4, -0.2) is 56.4 Å². The molecule has 6 rings (SSSR count). The molecule has 0 saturated heterocycles. The van der Waals surface area contributed by atoms with E-state index < -0.39 is 95.9 Å².